The molecule has 0 aliphatic heterocycles. The standard InChI is InChI=1S/C21H24BrNO4/c1-2-17(21(27)13-24)20(26)8-6-14(18-5-3-4-10-23-18)11-15-12-16(22)7-9-19(15)25/h2-5,7,9-12,17,20-21,24-27H,1,6,8,13H2/b14-11-/t17-,20-,21-/m1/s1. The molecule has 144 valence electrons. The first-order valence-electron chi connectivity index (χ1n) is 8.66. The molecule has 0 spiro atoms. The van der Waals surface area contributed by atoms with Crippen molar-refractivity contribution in [3.05, 3.63) is 71.0 Å². The second-order valence-electron chi connectivity index (χ2n) is 6.26. The Morgan fingerprint density at radius 3 is 2.59 bits per heavy atom. The first kappa shape index (κ1) is 21.3. The molecule has 0 bridgehead atoms. The van der Waals surface area contributed by atoms with Gasteiger partial charge in [0.1, 0.15) is 5.75 Å². The maximum atomic E-state index is 10.4. The van der Waals surface area contributed by atoms with Crippen LogP contribution in [0.5, 0.6) is 5.75 Å². The van der Waals surface area contributed by atoms with Crippen molar-refractivity contribution < 1.29 is 20.4 Å². The van der Waals surface area contributed by atoms with Gasteiger partial charge in [0.05, 0.1) is 24.5 Å². The van der Waals surface area contributed by atoms with Crippen LogP contribution in [0.15, 0.2) is 59.7 Å². The number of nitrogens with zero attached hydrogens (tertiary/aromatic N) is 1. The number of rotatable bonds is 9. The molecule has 1 aromatic carbocycles. The highest BCUT2D eigenvalue weighted by Gasteiger charge is 2.24. The minimum absolute atomic E-state index is 0.145. The fourth-order valence-corrected chi connectivity index (χ4v) is 3.22. The normalized spacial score (nSPS) is 15.2. The monoisotopic (exact) mass is 433 g/mol. The first-order chi connectivity index (χ1) is 13.0. The molecule has 4 N–H and O–H groups in total. The molecular weight excluding hydrogens is 410 g/mol. The highest BCUT2D eigenvalue weighted by atomic mass is 79.9. The van der Waals surface area contributed by atoms with Crippen LogP contribution < -0.4 is 0 Å². The number of hydrogen-bond donors (Lipinski definition) is 4. The van der Waals surface area contributed by atoms with Gasteiger partial charge in [-0.15, -0.1) is 6.58 Å². The zero-order valence-electron chi connectivity index (χ0n) is 14.9. The van der Waals surface area contributed by atoms with Gasteiger partial charge >= 0.3 is 0 Å². The molecular formula is C21H24BrNO4. The van der Waals surface area contributed by atoms with E-state index in [0.29, 0.717) is 18.4 Å². The highest BCUT2D eigenvalue weighted by molar-refractivity contribution is 9.10. The van der Waals surface area contributed by atoms with E-state index >= 15 is 0 Å². The molecule has 0 fully saturated rings. The predicted octanol–water partition coefficient (Wildman–Crippen LogP) is 3.39. The maximum Gasteiger partial charge on any atom is 0.122 e. The Morgan fingerprint density at radius 1 is 1.19 bits per heavy atom. The third-order valence-electron chi connectivity index (χ3n) is 4.37. The Labute approximate surface area is 167 Å². The van der Waals surface area contributed by atoms with Gasteiger partial charge in [0.25, 0.3) is 0 Å². The second-order valence-corrected chi connectivity index (χ2v) is 7.17. The smallest absolute Gasteiger partial charge is 0.122 e. The number of hydrogen-bond acceptors (Lipinski definition) is 5. The second kappa shape index (κ2) is 10.4. The van der Waals surface area contributed by atoms with Crippen LogP contribution in [0.4, 0.5) is 0 Å². The molecule has 0 saturated heterocycles. The van der Waals surface area contributed by atoms with Crippen LogP contribution in [0.2, 0.25) is 0 Å². The lowest BCUT2D eigenvalue weighted by Gasteiger charge is -2.23. The Morgan fingerprint density at radius 2 is 1.96 bits per heavy atom. The van der Waals surface area contributed by atoms with E-state index in [9.17, 15) is 15.3 Å². The minimum atomic E-state index is -1.06. The lowest BCUT2D eigenvalue weighted by molar-refractivity contribution is 0.00256. The number of aromatic hydroxyl groups is 1. The molecule has 1 aromatic heterocycles. The summed E-state index contributed by atoms with van der Waals surface area (Å²) in [6.07, 6.45) is 3.85. The molecule has 6 heteroatoms. The molecule has 0 radical (unpaired) electrons. The van der Waals surface area contributed by atoms with Crippen LogP contribution in [0.3, 0.4) is 0 Å². The summed E-state index contributed by atoms with van der Waals surface area (Å²) in [5, 5.41) is 39.5. The Balaban J connectivity index is 2.28. The molecule has 27 heavy (non-hydrogen) atoms. The Hall–Kier alpha value is -1.99. The molecule has 0 saturated carbocycles. The number of aromatic nitrogens is 1. The minimum Gasteiger partial charge on any atom is -0.507 e. The number of pyridine rings is 1. The maximum absolute atomic E-state index is 10.4. The highest BCUT2D eigenvalue weighted by Crippen LogP contribution is 2.29. The van der Waals surface area contributed by atoms with Crippen LogP contribution in [0.1, 0.15) is 24.1 Å². The summed E-state index contributed by atoms with van der Waals surface area (Å²) in [5.41, 5.74) is 2.21. The molecule has 0 amide bonds. The largest absolute Gasteiger partial charge is 0.507 e. The zero-order valence-corrected chi connectivity index (χ0v) is 16.5. The number of halogens is 1. The average molecular weight is 434 g/mol. The number of aliphatic hydroxyl groups excluding tert-OH is 3. The van der Waals surface area contributed by atoms with Crippen molar-refractivity contribution in [1.29, 1.82) is 0 Å². The van der Waals surface area contributed by atoms with Crippen LogP contribution in [-0.4, -0.2) is 44.2 Å². The summed E-state index contributed by atoms with van der Waals surface area (Å²) in [7, 11) is 0. The summed E-state index contributed by atoms with van der Waals surface area (Å²) in [6, 6.07) is 10.7. The number of aliphatic hydroxyl groups is 3. The molecule has 1 heterocycles. The summed E-state index contributed by atoms with van der Waals surface area (Å²) >= 11 is 3.40. The summed E-state index contributed by atoms with van der Waals surface area (Å²) in [5.74, 6) is -0.480. The molecule has 5 nitrogen and oxygen atoms in total. The fraction of sp³-hybridized carbons (Fsp3) is 0.286. The van der Waals surface area contributed by atoms with Gasteiger partial charge in [0, 0.05) is 22.2 Å². The van der Waals surface area contributed by atoms with Gasteiger partial charge in [-0.05, 0) is 54.8 Å². The van der Waals surface area contributed by atoms with Crippen molar-refractivity contribution >= 4 is 27.6 Å². The fourth-order valence-electron chi connectivity index (χ4n) is 2.84. The summed E-state index contributed by atoms with van der Waals surface area (Å²) < 4.78 is 0.838. The number of benzene rings is 1. The van der Waals surface area contributed by atoms with Gasteiger partial charge in [-0.1, -0.05) is 28.1 Å². The number of phenolic OH excluding ortho intramolecular Hbond substituents is 1. The Kier molecular flexibility index (Phi) is 8.19. The third kappa shape index (κ3) is 6.01. The van der Waals surface area contributed by atoms with Crippen molar-refractivity contribution in [2.24, 2.45) is 5.92 Å². The van der Waals surface area contributed by atoms with Gasteiger partial charge in [-0.25, -0.2) is 0 Å². The predicted molar refractivity (Wildman–Crippen MR) is 110 cm³/mol. The van der Waals surface area contributed by atoms with Crippen LogP contribution in [-0.2, 0) is 0 Å². The van der Waals surface area contributed by atoms with E-state index in [-0.39, 0.29) is 5.75 Å². The van der Waals surface area contributed by atoms with Crippen molar-refractivity contribution in [1.82, 2.24) is 4.98 Å². The molecule has 0 aliphatic carbocycles. The quantitative estimate of drug-likeness (QED) is 0.454. The van der Waals surface area contributed by atoms with Crippen molar-refractivity contribution in [3.8, 4) is 5.75 Å². The van der Waals surface area contributed by atoms with Crippen LogP contribution in [0.25, 0.3) is 11.6 Å². The van der Waals surface area contributed by atoms with Crippen molar-refractivity contribution in [2.75, 3.05) is 6.61 Å². The summed E-state index contributed by atoms with van der Waals surface area (Å²) in [6.45, 7) is 3.19. The average Bonchev–Trinajstić information content (AvgIpc) is 2.68. The lowest BCUT2D eigenvalue weighted by atomic mass is 9.90. The van der Waals surface area contributed by atoms with Gasteiger partial charge in [-0.3, -0.25) is 4.98 Å². The molecule has 0 aliphatic rings. The SMILES string of the molecule is C=C[C@@H]([C@H](O)CO)[C@H](O)CC/C(=C/c1cc(Br)ccc1O)c1ccccn1. The van der Waals surface area contributed by atoms with E-state index < -0.39 is 24.7 Å². The first-order valence-corrected chi connectivity index (χ1v) is 9.45. The van der Waals surface area contributed by atoms with E-state index in [2.05, 4.69) is 27.5 Å². The molecule has 2 aromatic rings. The topological polar surface area (TPSA) is 93.8 Å². The summed E-state index contributed by atoms with van der Waals surface area (Å²) in [4.78, 5) is 4.37. The van der Waals surface area contributed by atoms with Gasteiger partial charge in [0.15, 0.2) is 0 Å². The zero-order chi connectivity index (χ0) is 19.8. The molecule has 3 atom stereocenters. The van der Waals surface area contributed by atoms with E-state index in [1.807, 2.05) is 24.3 Å². The van der Waals surface area contributed by atoms with Crippen molar-refractivity contribution in [2.45, 2.75) is 25.0 Å². The van der Waals surface area contributed by atoms with Gasteiger partial charge < -0.3 is 20.4 Å². The lowest BCUT2D eigenvalue weighted by Crippen LogP contribution is -2.32. The van der Waals surface area contributed by atoms with Crippen LogP contribution >= 0.6 is 15.9 Å². The van der Waals surface area contributed by atoms with Crippen molar-refractivity contribution in [3.63, 3.8) is 0 Å². The van der Waals surface area contributed by atoms with Gasteiger partial charge in [0.2, 0.25) is 0 Å². The number of phenols is 1. The molecule has 2 rings (SSSR count). The van der Waals surface area contributed by atoms with E-state index in [4.69, 9.17) is 5.11 Å². The Bertz CT molecular complexity index is 779. The van der Waals surface area contributed by atoms with E-state index in [0.717, 1.165) is 15.7 Å². The van der Waals surface area contributed by atoms with Gasteiger partial charge in [-0.2, -0.15) is 0 Å². The molecule has 0 unspecified atom stereocenters. The van der Waals surface area contributed by atoms with Crippen LogP contribution in [0, 0.1) is 5.92 Å². The van der Waals surface area contributed by atoms with E-state index in [1.54, 1.807) is 24.4 Å². The van der Waals surface area contributed by atoms with E-state index in [1.165, 1.54) is 6.08 Å². The third-order valence-corrected chi connectivity index (χ3v) is 4.86. The number of allylic oxidation sites excluding steroid dienone is 1.